The number of hydrogen-bond acceptors (Lipinski definition) is 7. The molecule has 0 aliphatic rings. The number of nitrogens with zero attached hydrogens (tertiary/aromatic N) is 3. The lowest BCUT2D eigenvalue weighted by Gasteiger charge is -2.21. The van der Waals surface area contributed by atoms with Gasteiger partial charge >= 0.3 is 0 Å². The highest BCUT2D eigenvalue weighted by Crippen LogP contribution is 2.24. The minimum Gasteiger partial charge on any atom is -0.497 e. The van der Waals surface area contributed by atoms with Gasteiger partial charge in [-0.1, -0.05) is 41.7 Å². The van der Waals surface area contributed by atoms with Gasteiger partial charge in [-0.2, -0.15) is 4.31 Å². The average Bonchev–Trinajstić information content (AvgIpc) is 3.07. The van der Waals surface area contributed by atoms with Gasteiger partial charge in [-0.25, -0.2) is 8.42 Å². The summed E-state index contributed by atoms with van der Waals surface area (Å²) in [7, 11) is -2.20. The predicted molar refractivity (Wildman–Crippen MR) is 100 cm³/mol. The fourth-order valence-corrected chi connectivity index (χ4v) is 4.49. The number of rotatable bonds is 7. The molecule has 1 heterocycles. The van der Waals surface area contributed by atoms with E-state index in [1.165, 1.54) is 34.9 Å². The summed E-state index contributed by atoms with van der Waals surface area (Å²) in [6.07, 6.45) is 0. The molecule has 1 aromatic heterocycles. The lowest BCUT2D eigenvalue weighted by molar-refractivity contribution is 0.398. The summed E-state index contributed by atoms with van der Waals surface area (Å²) in [6, 6.07) is 15.7. The highest BCUT2D eigenvalue weighted by molar-refractivity contribution is 7.89. The Morgan fingerprint density at radius 1 is 1.04 bits per heavy atom. The summed E-state index contributed by atoms with van der Waals surface area (Å²) in [5.74, 6) is 0.593. The molecule has 3 aromatic rings. The van der Waals surface area contributed by atoms with Crippen molar-refractivity contribution in [3.63, 3.8) is 0 Å². The van der Waals surface area contributed by atoms with Gasteiger partial charge in [0, 0.05) is 6.54 Å². The van der Waals surface area contributed by atoms with Gasteiger partial charge in [0.15, 0.2) is 0 Å². The van der Waals surface area contributed by atoms with Crippen molar-refractivity contribution in [2.24, 2.45) is 0 Å². The maximum atomic E-state index is 13.2. The van der Waals surface area contributed by atoms with Gasteiger partial charge in [0.05, 0.1) is 18.6 Å². The minimum atomic E-state index is -3.74. The number of aromatic nitrogens is 2. The lowest BCUT2D eigenvalue weighted by Crippen LogP contribution is -2.30. The molecule has 0 bridgehead atoms. The Labute approximate surface area is 156 Å². The highest BCUT2D eigenvalue weighted by Gasteiger charge is 2.26. The molecule has 2 aromatic carbocycles. The number of ether oxygens (including phenoxy) is 1. The number of anilines is 1. The summed E-state index contributed by atoms with van der Waals surface area (Å²) in [4.78, 5) is 0.187. The average molecular weight is 390 g/mol. The van der Waals surface area contributed by atoms with Crippen molar-refractivity contribution < 1.29 is 13.2 Å². The van der Waals surface area contributed by atoms with Crippen molar-refractivity contribution in [2.75, 3.05) is 12.8 Å². The van der Waals surface area contributed by atoms with Gasteiger partial charge in [-0.05, 0) is 29.8 Å². The van der Waals surface area contributed by atoms with Crippen molar-refractivity contribution >= 4 is 26.5 Å². The predicted octanol–water partition coefficient (Wildman–Crippen LogP) is 2.52. The largest absolute Gasteiger partial charge is 0.497 e. The molecule has 2 N–H and O–H groups in total. The van der Waals surface area contributed by atoms with Gasteiger partial charge in [0.2, 0.25) is 15.2 Å². The zero-order valence-corrected chi connectivity index (χ0v) is 15.7. The summed E-state index contributed by atoms with van der Waals surface area (Å²) < 4.78 is 32.8. The van der Waals surface area contributed by atoms with Crippen LogP contribution in [0.3, 0.4) is 0 Å². The van der Waals surface area contributed by atoms with Gasteiger partial charge < -0.3 is 10.5 Å². The maximum absolute atomic E-state index is 13.2. The molecular weight excluding hydrogens is 372 g/mol. The van der Waals surface area contributed by atoms with Crippen LogP contribution >= 0.6 is 11.3 Å². The Morgan fingerprint density at radius 2 is 1.73 bits per heavy atom. The SMILES string of the molecule is COc1ccc(S(=O)(=O)N(Cc2ccccc2)Cc2nnc(N)s2)cc1. The zero-order chi connectivity index (χ0) is 18.6. The van der Waals surface area contributed by atoms with E-state index in [4.69, 9.17) is 10.5 Å². The van der Waals surface area contributed by atoms with Crippen LogP contribution in [-0.2, 0) is 23.1 Å². The van der Waals surface area contributed by atoms with E-state index in [1.807, 2.05) is 30.3 Å². The van der Waals surface area contributed by atoms with E-state index >= 15 is 0 Å². The topological polar surface area (TPSA) is 98.4 Å². The fraction of sp³-hybridized carbons (Fsp3) is 0.176. The Balaban J connectivity index is 1.94. The summed E-state index contributed by atoms with van der Waals surface area (Å²) >= 11 is 1.17. The maximum Gasteiger partial charge on any atom is 0.243 e. The van der Waals surface area contributed by atoms with E-state index in [-0.39, 0.29) is 18.0 Å². The minimum absolute atomic E-state index is 0.0954. The van der Waals surface area contributed by atoms with E-state index in [0.29, 0.717) is 15.9 Å². The second kappa shape index (κ2) is 7.81. The van der Waals surface area contributed by atoms with E-state index in [2.05, 4.69) is 10.2 Å². The third-order valence-corrected chi connectivity index (χ3v) is 6.24. The summed E-state index contributed by atoms with van der Waals surface area (Å²) in [5.41, 5.74) is 6.50. The quantitative estimate of drug-likeness (QED) is 0.666. The standard InChI is InChI=1S/C17H18N4O3S2/c1-24-14-7-9-15(10-8-14)26(22,23)21(11-13-5-3-2-4-6-13)12-16-19-20-17(18)25-16/h2-10H,11-12H2,1H3,(H2,18,20). The molecule has 26 heavy (non-hydrogen) atoms. The summed E-state index contributed by atoms with van der Waals surface area (Å²) in [6.45, 7) is 0.312. The number of methoxy groups -OCH3 is 1. The van der Waals surface area contributed by atoms with E-state index in [0.717, 1.165) is 5.56 Å². The molecule has 0 unspecified atom stereocenters. The van der Waals surface area contributed by atoms with Crippen LogP contribution in [0.4, 0.5) is 5.13 Å². The number of hydrogen-bond donors (Lipinski definition) is 1. The first-order valence-corrected chi connectivity index (χ1v) is 10.0. The van der Waals surface area contributed by atoms with Crippen molar-refractivity contribution in [1.82, 2.24) is 14.5 Å². The van der Waals surface area contributed by atoms with Crippen LogP contribution in [0.25, 0.3) is 0 Å². The normalized spacial score (nSPS) is 11.6. The lowest BCUT2D eigenvalue weighted by atomic mass is 10.2. The summed E-state index contributed by atoms with van der Waals surface area (Å²) in [5, 5.41) is 8.56. The molecule has 0 aliphatic carbocycles. The van der Waals surface area contributed by atoms with Crippen molar-refractivity contribution in [1.29, 1.82) is 0 Å². The zero-order valence-electron chi connectivity index (χ0n) is 14.1. The molecular formula is C17H18N4O3S2. The number of nitrogens with two attached hydrogens (primary N) is 1. The van der Waals surface area contributed by atoms with Crippen molar-refractivity contribution in [3.05, 3.63) is 65.2 Å². The molecule has 0 saturated heterocycles. The Hall–Kier alpha value is -2.49. The van der Waals surface area contributed by atoms with Crippen LogP contribution in [0.2, 0.25) is 0 Å². The second-order valence-corrected chi connectivity index (χ2v) is 8.50. The van der Waals surface area contributed by atoms with Gasteiger partial charge in [0.25, 0.3) is 0 Å². The Bertz CT molecular complexity index is 957. The molecule has 7 nitrogen and oxygen atoms in total. The monoisotopic (exact) mass is 390 g/mol. The molecule has 0 atom stereocenters. The third-order valence-electron chi connectivity index (χ3n) is 3.69. The smallest absolute Gasteiger partial charge is 0.243 e. The number of nitrogen functional groups attached to an aromatic ring is 1. The highest BCUT2D eigenvalue weighted by atomic mass is 32.2. The van der Waals surface area contributed by atoms with Gasteiger partial charge in [-0.3, -0.25) is 0 Å². The third kappa shape index (κ3) is 4.18. The van der Waals surface area contributed by atoms with Crippen molar-refractivity contribution in [2.45, 2.75) is 18.0 Å². The first kappa shape index (κ1) is 18.3. The van der Waals surface area contributed by atoms with Crippen LogP contribution in [0.15, 0.2) is 59.5 Å². The van der Waals surface area contributed by atoms with Gasteiger partial charge in [-0.15, -0.1) is 10.2 Å². The molecule has 136 valence electrons. The second-order valence-electron chi connectivity index (χ2n) is 5.47. The number of sulfonamides is 1. The van der Waals surface area contributed by atoms with Crippen molar-refractivity contribution in [3.8, 4) is 5.75 Å². The fourth-order valence-electron chi connectivity index (χ4n) is 2.39. The molecule has 0 spiro atoms. The first-order valence-electron chi connectivity index (χ1n) is 7.75. The first-order chi connectivity index (χ1) is 12.5. The molecule has 3 rings (SSSR count). The molecule has 0 saturated carbocycles. The van der Waals surface area contributed by atoms with Crippen LogP contribution < -0.4 is 10.5 Å². The van der Waals surface area contributed by atoms with E-state index < -0.39 is 10.0 Å². The number of benzene rings is 2. The van der Waals surface area contributed by atoms with Crippen LogP contribution in [0.1, 0.15) is 10.6 Å². The Kier molecular flexibility index (Phi) is 5.50. The van der Waals surface area contributed by atoms with Crippen LogP contribution in [0.5, 0.6) is 5.75 Å². The van der Waals surface area contributed by atoms with Crippen LogP contribution in [-0.4, -0.2) is 30.0 Å². The molecule has 0 aliphatic heterocycles. The Morgan fingerprint density at radius 3 is 2.31 bits per heavy atom. The molecule has 9 heteroatoms. The van der Waals surface area contributed by atoms with E-state index in [9.17, 15) is 8.42 Å². The molecule has 0 fully saturated rings. The van der Waals surface area contributed by atoms with E-state index in [1.54, 1.807) is 12.1 Å². The van der Waals surface area contributed by atoms with Gasteiger partial charge in [0.1, 0.15) is 10.8 Å². The molecule has 0 amide bonds. The molecule has 0 radical (unpaired) electrons. The van der Waals surface area contributed by atoms with Crippen LogP contribution in [0, 0.1) is 0 Å².